The Balaban J connectivity index is 1.88. The van der Waals surface area contributed by atoms with Gasteiger partial charge in [0.1, 0.15) is 5.69 Å². The van der Waals surface area contributed by atoms with Crippen molar-refractivity contribution in [1.82, 2.24) is 5.32 Å². The summed E-state index contributed by atoms with van der Waals surface area (Å²) in [6.45, 7) is -0.195. The zero-order valence-corrected chi connectivity index (χ0v) is 20.3. The van der Waals surface area contributed by atoms with E-state index in [1.165, 1.54) is 11.0 Å². The molecular weight excluding hydrogens is 524 g/mol. The molecule has 4 N–H and O–H groups in total. The van der Waals surface area contributed by atoms with Crippen molar-refractivity contribution >= 4 is 28.9 Å². The van der Waals surface area contributed by atoms with Gasteiger partial charge in [0.2, 0.25) is 5.91 Å². The van der Waals surface area contributed by atoms with Crippen LogP contribution in [0.5, 0.6) is 0 Å². The molecule has 38 heavy (non-hydrogen) atoms. The van der Waals surface area contributed by atoms with Gasteiger partial charge in [0.15, 0.2) is 0 Å². The zero-order valence-electron chi connectivity index (χ0n) is 20.3. The van der Waals surface area contributed by atoms with E-state index < -0.39 is 52.7 Å². The van der Waals surface area contributed by atoms with Gasteiger partial charge in [0, 0.05) is 38.2 Å². The molecule has 0 bridgehead atoms. The summed E-state index contributed by atoms with van der Waals surface area (Å²) in [7, 11) is 0. The summed E-state index contributed by atoms with van der Waals surface area (Å²) in [6.07, 6.45) is -9.55. The first-order valence-electron chi connectivity index (χ1n) is 12.2. The average Bonchev–Trinajstić information content (AvgIpc) is 2.82. The normalized spacial score (nSPS) is 21.2. The topological polar surface area (TPSA) is 131 Å². The van der Waals surface area contributed by atoms with Gasteiger partial charge in [-0.25, -0.2) is 0 Å². The molecule has 0 radical (unpaired) electrons. The third kappa shape index (κ3) is 7.40. The van der Waals surface area contributed by atoms with Crippen molar-refractivity contribution in [3.05, 3.63) is 27.8 Å². The molecule has 2 amide bonds. The maximum atomic E-state index is 13.2. The molecule has 1 aliphatic heterocycles. The number of nitro groups is 1. The number of nitrogens with one attached hydrogen (secondary N) is 2. The van der Waals surface area contributed by atoms with Gasteiger partial charge in [0.05, 0.1) is 28.0 Å². The molecule has 1 saturated carbocycles. The Kier molecular flexibility index (Phi) is 8.97. The van der Waals surface area contributed by atoms with E-state index >= 15 is 0 Å². The highest BCUT2D eigenvalue weighted by Crippen LogP contribution is 2.40. The Labute approximate surface area is 214 Å². The molecule has 2 fully saturated rings. The van der Waals surface area contributed by atoms with Gasteiger partial charge < -0.3 is 21.3 Å². The van der Waals surface area contributed by atoms with Crippen LogP contribution in [0, 0.1) is 22.0 Å². The minimum atomic E-state index is -4.38. The van der Waals surface area contributed by atoms with Gasteiger partial charge in [-0.15, -0.1) is 0 Å². The standard InChI is InChI=1S/C23H29F6N5O4/c24-22(25,26)13-1-3-15(4-2-13)32-21(36)16-11-19(34(37)38)17(31-8-5-20(30)35)12-18(16)33-9-6-14(7-10-33)23(27,28)29/h11-15,31H,1-10H2,(H2,30,35)(H,32,36). The Morgan fingerprint density at radius 3 is 2.03 bits per heavy atom. The summed E-state index contributed by atoms with van der Waals surface area (Å²) in [5.74, 6) is -4.41. The van der Waals surface area contributed by atoms with Gasteiger partial charge in [0.25, 0.3) is 11.6 Å². The highest BCUT2D eigenvalue weighted by atomic mass is 19.4. The Hall–Kier alpha value is -3.26. The minimum Gasteiger partial charge on any atom is -0.379 e. The van der Waals surface area contributed by atoms with Gasteiger partial charge in [-0.05, 0) is 44.6 Å². The van der Waals surface area contributed by atoms with Gasteiger partial charge >= 0.3 is 12.4 Å². The lowest BCUT2D eigenvalue weighted by Crippen LogP contribution is -2.42. The number of carbonyl (C=O) groups excluding carboxylic acids is 2. The van der Waals surface area contributed by atoms with E-state index in [1.54, 1.807) is 0 Å². The molecule has 9 nitrogen and oxygen atoms in total. The molecular formula is C23H29F6N5O4. The average molecular weight is 554 g/mol. The summed E-state index contributed by atoms with van der Waals surface area (Å²) in [5, 5.41) is 17.1. The number of amides is 2. The molecule has 0 aromatic heterocycles. The first-order chi connectivity index (χ1) is 17.7. The quantitative estimate of drug-likeness (QED) is 0.247. The number of nitrogens with zero attached hydrogens (tertiary/aromatic N) is 2. The fraction of sp³-hybridized carbons (Fsp3) is 0.652. The third-order valence-electron chi connectivity index (χ3n) is 7.07. The molecule has 0 unspecified atom stereocenters. The van der Waals surface area contributed by atoms with Crippen LogP contribution in [0.25, 0.3) is 0 Å². The number of anilines is 2. The van der Waals surface area contributed by atoms with Gasteiger partial charge in [-0.2, -0.15) is 26.3 Å². The Morgan fingerprint density at radius 1 is 0.974 bits per heavy atom. The second-order valence-electron chi connectivity index (χ2n) is 9.65. The lowest BCUT2D eigenvalue weighted by atomic mass is 9.85. The van der Waals surface area contributed by atoms with E-state index in [-0.39, 0.29) is 81.5 Å². The largest absolute Gasteiger partial charge is 0.391 e. The summed E-state index contributed by atoms with van der Waals surface area (Å²) >= 11 is 0. The SMILES string of the molecule is NC(=O)CCNc1cc(N2CCC(C(F)(F)F)CC2)c(C(=O)NC2CCC(C(F)(F)F)CC2)cc1[N+](=O)[O-]. The monoisotopic (exact) mass is 553 g/mol. The highest BCUT2D eigenvalue weighted by Gasteiger charge is 2.43. The number of piperidine rings is 1. The number of nitro benzene ring substituents is 1. The number of rotatable bonds is 8. The maximum Gasteiger partial charge on any atom is 0.391 e. The molecule has 1 heterocycles. The molecule has 1 saturated heterocycles. The molecule has 212 valence electrons. The van der Waals surface area contributed by atoms with Crippen molar-refractivity contribution in [3.63, 3.8) is 0 Å². The van der Waals surface area contributed by atoms with Crippen LogP contribution in [0.4, 0.5) is 43.4 Å². The van der Waals surface area contributed by atoms with Crippen LogP contribution in [0.1, 0.15) is 55.3 Å². The van der Waals surface area contributed by atoms with E-state index in [2.05, 4.69) is 10.6 Å². The zero-order chi connectivity index (χ0) is 28.3. The van der Waals surface area contributed by atoms with Crippen LogP contribution in [0.3, 0.4) is 0 Å². The van der Waals surface area contributed by atoms with Crippen molar-refractivity contribution in [2.45, 2.75) is 63.3 Å². The fourth-order valence-corrected chi connectivity index (χ4v) is 4.91. The fourth-order valence-electron chi connectivity index (χ4n) is 4.91. The van der Waals surface area contributed by atoms with Crippen LogP contribution in [0.15, 0.2) is 12.1 Å². The second-order valence-corrected chi connectivity index (χ2v) is 9.65. The first kappa shape index (κ1) is 29.3. The van der Waals surface area contributed by atoms with Crippen LogP contribution in [-0.4, -0.2) is 54.8 Å². The van der Waals surface area contributed by atoms with Crippen molar-refractivity contribution in [2.75, 3.05) is 29.9 Å². The summed E-state index contributed by atoms with van der Waals surface area (Å²) < 4.78 is 78.5. The highest BCUT2D eigenvalue weighted by molar-refractivity contribution is 6.02. The summed E-state index contributed by atoms with van der Waals surface area (Å²) in [5.41, 5.74) is 4.54. The molecule has 15 heteroatoms. The van der Waals surface area contributed by atoms with Crippen LogP contribution >= 0.6 is 0 Å². The second kappa shape index (κ2) is 11.6. The predicted octanol–water partition coefficient (Wildman–Crippen LogP) is 4.51. The van der Waals surface area contributed by atoms with Crippen LogP contribution < -0.4 is 21.3 Å². The summed E-state index contributed by atoms with van der Waals surface area (Å²) in [4.78, 5) is 36.8. The van der Waals surface area contributed by atoms with Crippen molar-refractivity contribution in [1.29, 1.82) is 0 Å². The van der Waals surface area contributed by atoms with Crippen molar-refractivity contribution in [2.24, 2.45) is 17.6 Å². The van der Waals surface area contributed by atoms with Crippen LogP contribution in [-0.2, 0) is 4.79 Å². The number of hydrogen-bond acceptors (Lipinski definition) is 6. The Bertz CT molecular complexity index is 1030. The summed E-state index contributed by atoms with van der Waals surface area (Å²) in [6, 6.07) is 1.69. The molecule has 3 rings (SSSR count). The van der Waals surface area contributed by atoms with Gasteiger partial charge in [-0.1, -0.05) is 0 Å². The van der Waals surface area contributed by atoms with Crippen LogP contribution in [0.2, 0.25) is 0 Å². The van der Waals surface area contributed by atoms with Crippen molar-refractivity contribution < 1.29 is 40.9 Å². The first-order valence-corrected chi connectivity index (χ1v) is 12.2. The lowest BCUT2D eigenvalue weighted by molar-refractivity contribution is -0.384. The predicted molar refractivity (Wildman–Crippen MR) is 126 cm³/mol. The number of alkyl halides is 6. The number of benzene rings is 1. The maximum absolute atomic E-state index is 13.2. The van der Waals surface area contributed by atoms with Crippen molar-refractivity contribution in [3.8, 4) is 0 Å². The molecule has 2 aliphatic rings. The number of halogens is 6. The van der Waals surface area contributed by atoms with E-state index in [1.807, 2.05) is 0 Å². The smallest absolute Gasteiger partial charge is 0.379 e. The van der Waals surface area contributed by atoms with E-state index in [0.29, 0.717) is 0 Å². The number of hydrogen-bond donors (Lipinski definition) is 3. The molecule has 1 aromatic rings. The molecule has 1 aliphatic carbocycles. The van der Waals surface area contributed by atoms with E-state index in [4.69, 9.17) is 5.73 Å². The number of nitrogens with two attached hydrogens (primary N) is 1. The van der Waals surface area contributed by atoms with E-state index in [9.17, 15) is 46.0 Å². The number of carbonyl (C=O) groups is 2. The molecule has 0 spiro atoms. The van der Waals surface area contributed by atoms with E-state index in [0.717, 1.165) is 6.07 Å². The number of primary amides is 1. The third-order valence-corrected chi connectivity index (χ3v) is 7.07. The lowest BCUT2D eigenvalue weighted by Gasteiger charge is -2.36. The molecule has 1 aromatic carbocycles. The van der Waals surface area contributed by atoms with Gasteiger partial charge in [-0.3, -0.25) is 19.7 Å². The Morgan fingerprint density at radius 2 is 1.53 bits per heavy atom. The minimum absolute atomic E-state index is 0.0496. The molecule has 0 atom stereocenters.